The number of aliphatic imine (C=N–C) groups is 1. The Hall–Kier alpha value is -1.16. The Morgan fingerprint density at radius 1 is 1.39 bits per heavy atom. The highest BCUT2D eigenvalue weighted by molar-refractivity contribution is 14.0. The summed E-state index contributed by atoms with van der Waals surface area (Å²) >= 11 is 1.69. The summed E-state index contributed by atoms with van der Waals surface area (Å²) in [5.41, 5.74) is 2.25. The molecule has 0 saturated heterocycles. The lowest BCUT2D eigenvalue weighted by molar-refractivity contribution is 0.766. The molecule has 0 atom stereocenters. The van der Waals surface area contributed by atoms with Gasteiger partial charge in [-0.05, 0) is 12.8 Å². The first kappa shape index (κ1) is 19.9. The van der Waals surface area contributed by atoms with Crippen molar-refractivity contribution in [3.8, 4) is 0 Å². The van der Waals surface area contributed by atoms with Crippen molar-refractivity contribution in [1.82, 2.24) is 25.4 Å². The largest absolute Gasteiger partial charge is 0.357 e. The molecule has 128 valence electrons. The van der Waals surface area contributed by atoms with Crippen LogP contribution in [0.3, 0.4) is 0 Å². The summed E-state index contributed by atoms with van der Waals surface area (Å²) in [5.74, 6) is 1.27. The van der Waals surface area contributed by atoms with E-state index in [1.54, 1.807) is 16.0 Å². The number of rotatable bonds is 6. The first-order valence-corrected chi connectivity index (χ1v) is 8.40. The van der Waals surface area contributed by atoms with Gasteiger partial charge in [0.2, 0.25) is 0 Å². The van der Waals surface area contributed by atoms with Gasteiger partial charge in [0, 0.05) is 30.7 Å². The van der Waals surface area contributed by atoms with Crippen molar-refractivity contribution in [3.05, 3.63) is 34.0 Å². The topological polar surface area (TPSA) is 67.1 Å². The minimum Gasteiger partial charge on any atom is -0.357 e. The third kappa shape index (κ3) is 6.46. The lowest BCUT2D eigenvalue weighted by Gasteiger charge is -2.09. The first-order valence-electron chi connectivity index (χ1n) is 7.52. The van der Waals surface area contributed by atoms with Crippen LogP contribution >= 0.6 is 35.3 Å². The lowest BCUT2D eigenvalue weighted by atomic mass is 10.2. The van der Waals surface area contributed by atoms with Gasteiger partial charge in [0.15, 0.2) is 5.96 Å². The molecule has 2 aromatic rings. The quantitative estimate of drug-likeness (QED) is 0.405. The molecule has 2 heterocycles. The summed E-state index contributed by atoms with van der Waals surface area (Å²) in [6, 6.07) is 0. The predicted molar refractivity (Wildman–Crippen MR) is 106 cm³/mol. The molecular weight excluding hydrogens is 423 g/mol. The molecule has 0 aliphatic heterocycles. The van der Waals surface area contributed by atoms with E-state index in [1.165, 1.54) is 0 Å². The maximum absolute atomic E-state index is 4.62. The fraction of sp³-hybridized carbons (Fsp3) is 0.533. The highest BCUT2D eigenvalue weighted by atomic mass is 127. The Morgan fingerprint density at radius 3 is 2.74 bits per heavy atom. The van der Waals surface area contributed by atoms with E-state index in [1.807, 2.05) is 19.4 Å². The van der Waals surface area contributed by atoms with Gasteiger partial charge in [-0.1, -0.05) is 13.8 Å². The van der Waals surface area contributed by atoms with Crippen LogP contribution in [-0.2, 0) is 20.1 Å². The predicted octanol–water partition coefficient (Wildman–Crippen LogP) is 2.87. The monoisotopic (exact) mass is 448 g/mol. The van der Waals surface area contributed by atoms with E-state index in [0.717, 1.165) is 28.8 Å². The maximum Gasteiger partial charge on any atom is 0.191 e. The summed E-state index contributed by atoms with van der Waals surface area (Å²) in [6.07, 6.45) is 3.81. The van der Waals surface area contributed by atoms with Crippen LogP contribution in [0.1, 0.15) is 43.0 Å². The van der Waals surface area contributed by atoms with Crippen LogP contribution in [0.4, 0.5) is 0 Å². The number of hydrogen-bond donors (Lipinski definition) is 2. The van der Waals surface area contributed by atoms with Crippen molar-refractivity contribution in [3.63, 3.8) is 0 Å². The molecule has 0 aliphatic carbocycles. The highest BCUT2D eigenvalue weighted by Gasteiger charge is 2.06. The van der Waals surface area contributed by atoms with Gasteiger partial charge >= 0.3 is 0 Å². The SMILES string of the molecule is CCNC(=NCc1cnn(C)c1)NCc1nc(C(C)C)cs1.I. The highest BCUT2D eigenvalue weighted by Crippen LogP contribution is 2.17. The smallest absolute Gasteiger partial charge is 0.191 e. The average Bonchev–Trinajstić information content (AvgIpc) is 3.11. The van der Waals surface area contributed by atoms with Crippen molar-refractivity contribution in [2.45, 2.75) is 39.8 Å². The fourth-order valence-electron chi connectivity index (χ4n) is 1.90. The molecular formula is C15H25IN6S. The van der Waals surface area contributed by atoms with E-state index in [2.05, 4.69) is 51.9 Å². The molecule has 0 unspecified atom stereocenters. The zero-order valence-electron chi connectivity index (χ0n) is 14.0. The van der Waals surface area contributed by atoms with E-state index >= 15 is 0 Å². The van der Waals surface area contributed by atoms with E-state index in [4.69, 9.17) is 0 Å². The van der Waals surface area contributed by atoms with E-state index < -0.39 is 0 Å². The summed E-state index contributed by atoms with van der Waals surface area (Å²) in [4.78, 5) is 9.20. The van der Waals surface area contributed by atoms with Crippen molar-refractivity contribution in [2.24, 2.45) is 12.0 Å². The number of guanidine groups is 1. The number of nitrogens with zero attached hydrogens (tertiary/aromatic N) is 4. The molecule has 0 fully saturated rings. The second-order valence-corrected chi connectivity index (χ2v) is 6.33. The van der Waals surface area contributed by atoms with Crippen LogP contribution in [0, 0.1) is 0 Å². The molecule has 6 nitrogen and oxygen atoms in total. The van der Waals surface area contributed by atoms with Crippen LogP contribution in [0.5, 0.6) is 0 Å². The number of aryl methyl sites for hydroxylation is 1. The minimum atomic E-state index is 0. The number of hydrogen-bond acceptors (Lipinski definition) is 4. The van der Waals surface area contributed by atoms with Crippen LogP contribution in [0.2, 0.25) is 0 Å². The summed E-state index contributed by atoms with van der Waals surface area (Å²) in [6.45, 7) is 8.50. The maximum atomic E-state index is 4.62. The van der Waals surface area contributed by atoms with Crippen LogP contribution < -0.4 is 10.6 Å². The van der Waals surface area contributed by atoms with Crippen LogP contribution in [-0.4, -0.2) is 27.3 Å². The Kier molecular flexibility index (Phi) is 8.53. The molecule has 2 aromatic heterocycles. The molecule has 0 radical (unpaired) electrons. The van der Waals surface area contributed by atoms with Gasteiger partial charge in [0.25, 0.3) is 0 Å². The molecule has 0 bridgehead atoms. The van der Waals surface area contributed by atoms with Crippen molar-refractivity contribution in [2.75, 3.05) is 6.54 Å². The van der Waals surface area contributed by atoms with Gasteiger partial charge in [-0.3, -0.25) is 4.68 Å². The van der Waals surface area contributed by atoms with Crippen LogP contribution in [0.15, 0.2) is 22.8 Å². The van der Waals surface area contributed by atoms with Gasteiger partial charge in [-0.2, -0.15) is 5.10 Å². The minimum absolute atomic E-state index is 0. The van der Waals surface area contributed by atoms with Gasteiger partial charge in [0.05, 0.1) is 25.0 Å². The molecule has 23 heavy (non-hydrogen) atoms. The van der Waals surface area contributed by atoms with Gasteiger partial charge in [-0.25, -0.2) is 9.98 Å². The number of nitrogens with one attached hydrogen (secondary N) is 2. The van der Waals surface area contributed by atoms with Crippen molar-refractivity contribution < 1.29 is 0 Å². The van der Waals surface area contributed by atoms with Gasteiger partial charge in [-0.15, -0.1) is 35.3 Å². The Balaban J connectivity index is 0.00000264. The molecule has 0 aromatic carbocycles. The molecule has 2 N–H and O–H groups in total. The van der Waals surface area contributed by atoms with Crippen molar-refractivity contribution in [1.29, 1.82) is 0 Å². The van der Waals surface area contributed by atoms with E-state index in [0.29, 0.717) is 19.0 Å². The Labute approximate surface area is 158 Å². The number of thiazole rings is 1. The van der Waals surface area contributed by atoms with Crippen LogP contribution in [0.25, 0.3) is 0 Å². The van der Waals surface area contributed by atoms with Gasteiger partial charge in [0.1, 0.15) is 5.01 Å². The molecule has 8 heteroatoms. The number of aromatic nitrogens is 3. The Bertz CT molecular complexity index is 619. The summed E-state index contributed by atoms with van der Waals surface area (Å²) in [5, 5.41) is 13.9. The Morgan fingerprint density at radius 2 is 2.17 bits per heavy atom. The van der Waals surface area contributed by atoms with E-state index in [-0.39, 0.29) is 24.0 Å². The molecule has 0 saturated carbocycles. The number of halogens is 1. The third-order valence-electron chi connectivity index (χ3n) is 3.09. The standard InChI is InChI=1S/C15H24N6S.HI/c1-5-16-15(17-6-12-7-19-21(4)9-12)18-8-14-20-13(10-22-14)11(2)3;/h7,9-11H,5-6,8H2,1-4H3,(H2,16,17,18);1H. The zero-order chi connectivity index (χ0) is 15.9. The molecule has 0 amide bonds. The zero-order valence-corrected chi connectivity index (χ0v) is 17.2. The summed E-state index contributed by atoms with van der Waals surface area (Å²) < 4.78 is 1.79. The second-order valence-electron chi connectivity index (χ2n) is 5.39. The average molecular weight is 448 g/mol. The lowest BCUT2D eigenvalue weighted by Crippen LogP contribution is -2.36. The molecule has 0 spiro atoms. The second kappa shape index (κ2) is 9.86. The fourth-order valence-corrected chi connectivity index (χ4v) is 2.79. The van der Waals surface area contributed by atoms with Gasteiger partial charge < -0.3 is 10.6 Å². The summed E-state index contributed by atoms with van der Waals surface area (Å²) in [7, 11) is 1.91. The van der Waals surface area contributed by atoms with E-state index in [9.17, 15) is 0 Å². The normalized spacial score (nSPS) is 11.4. The third-order valence-corrected chi connectivity index (χ3v) is 3.96. The first-order chi connectivity index (χ1) is 10.6. The molecule has 0 aliphatic rings. The molecule has 2 rings (SSSR count). The van der Waals surface area contributed by atoms with Crippen molar-refractivity contribution >= 4 is 41.3 Å².